The number of hydrogen-bond donors (Lipinski definition) is 1. The number of carbonyl (C=O) groups excluding carboxylic acids is 1. The summed E-state index contributed by atoms with van der Waals surface area (Å²) in [6, 6.07) is 0. The molecule has 0 heterocycles. The lowest BCUT2D eigenvalue weighted by Gasteiger charge is -2.21. The number of rotatable bonds is 2. The van der Waals surface area contributed by atoms with Crippen LogP contribution >= 0.6 is 9.47 Å². The van der Waals surface area contributed by atoms with Gasteiger partial charge in [-0.3, -0.25) is 9.59 Å². The fourth-order valence-corrected chi connectivity index (χ4v) is 2.72. The normalized spacial score (nSPS) is 38.6. The first-order valence-electron chi connectivity index (χ1n) is 4.47. The third kappa shape index (κ3) is 1.25. The Morgan fingerprint density at radius 3 is 2.36 bits per heavy atom. The number of fused-ring (bicyclic) bond motifs is 2. The SMILES string of the molecule is O=C(O)[C@@H]1C2C=CC(C2)[C@@H]1C(=O)OP. The van der Waals surface area contributed by atoms with Gasteiger partial charge in [0, 0.05) is 0 Å². The lowest BCUT2D eigenvalue weighted by atomic mass is 9.83. The standard InChI is InChI=1S/C9H11O4P/c10-8(11)6-4-1-2-5(3-4)7(6)9(12)13-14/h1-2,4-7H,3,14H2,(H,10,11)/t4?,5?,6-,7+/m1/s1. The molecule has 1 saturated carbocycles. The molecular formula is C9H11O4P. The van der Waals surface area contributed by atoms with Gasteiger partial charge in [0.25, 0.3) is 0 Å². The Balaban J connectivity index is 2.26. The molecule has 0 saturated heterocycles. The first-order valence-corrected chi connectivity index (χ1v) is 4.94. The molecule has 4 nitrogen and oxygen atoms in total. The van der Waals surface area contributed by atoms with Gasteiger partial charge in [0.2, 0.25) is 0 Å². The molecule has 0 aliphatic heterocycles. The van der Waals surface area contributed by atoms with E-state index in [1.54, 1.807) is 0 Å². The minimum atomic E-state index is -0.901. The van der Waals surface area contributed by atoms with Crippen molar-refractivity contribution in [3.8, 4) is 0 Å². The maximum Gasteiger partial charge on any atom is 0.312 e. The number of carboxylic acids is 1. The summed E-state index contributed by atoms with van der Waals surface area (Å²) < 4.78 is 4.55. The van der Waals surface area contributed by atoms with Crippen molar-refractivity contribution >= 4 is 21.4 Å². The molecule has 1 fully saturated rings. The Morgan fingerprint density at radius 1 is 1.29 bits per heavy atom. The zero-order valence-electron chi connectivity index (χ0n) is 7.42. The molecule has 1 N–H and O–H groups in total. The third-order valence-corrected chi connectivity index (χ3v) is 3.37. The highest BCUT2D eigenvalue weighted by Crippen LogP contribution is 2.48. The number of carboxylic acid groups (broad SMARTS) is 1. The van der Waals surface area contributed by atoms with Crippen molar-refractivity contribution in [3.05, 3.63) is 12.2 Å². The maximum absolute atomic E-state index is 11.4. The van der Waals surface area contributed by atoms with Crippen LogP contribution in [0.25, 0.3) is 0 Å². The second-order valence-corrected chi connectivity index (χ2v) is 4.01. The Kier molecular flexibility index (Phi) is 2.31. The van der Waals surface area contributed by atoms with Crippen LogP contribution in [0.1, 0.15) is 6.42 Å². The van der Waals surface area contributed by atoms with E-state index in [-0.39, 0.29) is 11.8 Å². The predicted molar refractivity (Wildman–Crippen MR) is 51.2 cm³/mol. The second kappa shape index (κ2) is 3.35. The van der Waals surface area contributed by atoms with Crippen molar-refractivity contribution < 1.29 is 19.2 Å². The Bertz CT molecular complexity index is 312. The van der Waals surface area contributed by atoms with Gasteiger partial charge in [0.05, 0.1) is 21.3 Å². The molecule has 14 heavy (non-hydrogen) atoms. The summed E-state index contributed by atoms with van der Waals surface area (Å²) in [5, 5.41) is 9.00. The monoisotopic (exact) mass is 214 g/mol. The fourth-order valence-electron chi connectivity index (χ4n) is 2.56. The van der Waals surface area contributed by atoms with Crippen molar-refractivity contribution in [2.45, 2.75) is 6.42 Å². The molecule has 0 aromatic carbocycles. The Hall–Kier alpha value is -0.890. The van der Waals surface area contributed by atoms with Gasteiger partial charge in [0.15, 0.2) is 0 Å². The van der Waals surface area contributed by atoms with Crippen LogP contribution in [0, 0.1) is 23.7 Å². The van der Waals surface area contributed by atoms with Crippen LogP contribution in [-0.4, -0.2) is 17.0 Å². The molecule has 2 rings (SSSR count). The molecule has 0 amide bonds. The van der Waals surface area contributed by atoms with E-state index in [1.165, 1.54) is 0 Å². The van der Waals surface area contributed by atoms with Crippen molar-refractivity contribution in [2.24, 2.45) is 23.7 Å². The zero-order valence-corrected chi connectivity index (χ0v) is 8.58. The highest BCUT2D eigenvalue weighted by molar-refractivity contribution is 7.10. The molecule has 2 aliphatic rings. The largest absolute Gasteiger partial charge is 0.481 e. The smallest absolute Gasteiger partial charge is 0.312 e. The summed E-state index contributed by atoms with van der Waals surface area (Å²) in [6.45, 7) is 0. The van der Waals surface area contributed by atoms with Gasteiger partial charge in [-0.05, 0) is 18.3 Å². The molecule has 5 atom stereocenters. The zero-order chi connectivity index (χ0) is 10.3. The fraction of sp³-hybridized carbons (Fsp3) is 0.556. The van der Waals surface area contributed by atoms with E-state index in [9.17, 15) is 9.59 Å². The molecular weight excluding hydrogens is 203 g/mol. The molecule has 0 aromatic rings. The minimum Gasteiger partial charge on any atom is -0.481 e. The quantitative estimate of drug-likeness (QED) is 0.546. The molecule has 3 unspecified atom stereocenters. The predicted octanol–water partition coefficient (Wildman–Crippen LogP) is 0.843. The van der Waals surface area contributed by atoms with Gasteiger partial charge < -0.3 is 9.63 Å². The van der Waals surface area contributed by atoms with Crippen molar-refractivity contribution in [1.82, 2.24) is 0 Å². The molecule has 0 aromatic heterocycles. The van der Waals surface area contributed by atoms with Gasteiger partial charge >= 0.3 is 11.9 Å². The van der Waals surface area contributed by atoms with E-state index in [0.717, 1.165) is 6.42 Å². The van der Waals surface area contributed by atoms with Crippen LogP contribution in [0.3, 0.4) is 0 Å². The van der Waals surface area contributed by atoms with Crippen LogP contribution in [0.4, 0.5) is 0 Å². The van der Waals surface area contributed by atoms with Gasteiger partial charge in [0.1, 0.15) is 0 Å². The van der Waals surface area contributed by atoms with Gasteiger partial charge in [-0.1, -0.05) is 12.2 Å². The number of allylic oxidation sites excluding steroid dienone is 2. The summed E-state index contributed by atoms with van der Waals surface area (Å²) in [5.74, 6) is -2.37. The highest BCUT2D eigenvalue weighted by atomic mass is 31.0. The van der Waals surface area contributed by atoms with E-state index < -0.39 is 23.8 Å². The van der Waals surface area contributed by atoms with E-state index in [2.05, 4.69) is 4.52 Å². The molecule has 5 heteroatoms. The number of carbonyl (C=O) groups is 2. The maximum atomic E-state index is 11.4. The second-order valence-electron chi connectivity index (χ2n) is 3.78. The molecule has 0 radical (unpaired) electrons. The van der Waals surface area contributed by atoms with Crippen molar-refractivity contribution in [3.63, 3.8) is 0 Å². The lowest BCUT2D eigenvalue weighted by molar-refractivity contribution is -0.152. The van der Waals surface area contributed by atoms with Crippen LogP contribution in [0.5, 0.6) is 0 Å². The number of hydrogen-bond acceptors (Lipinski definition) is 3. The number of aliphatic carboxylic acids is 1. The first-order chi connectivity index (χ1) is 6.65. The Morgan fingerprint density at radius 2 is 1.86 bits per heavy atom. The molecule has 76 valence electrons. The highest BCUT2D eigenvalue weighted by Gasteiger charge is 2.52. The lowest BCUT2D eigenvalue weighted by Crippen LogP contribution is -2.33. The first kappa shape index (κ1) is 9.66. The summed E-state index contributed by atoms with van der Waals surface area (Å²) in [6.07, 6.45) is 4.59. The summed E-state index contributed by atoms with van der Waals surface area (Å²) in [5.41, 5.74) is 0. The van der Waals surface area contributed by atoms with Crippen molar-refractivity contribution in [1.29, 1.82) is 0 Å². The summed E-state index contributed by atoms with van der Waals surface area (Å²) in [4.78, 5) is 22.4. The minimum absolute atomic E-state index is 0.00611. The van der Waals surface area contributed by atoms with Crippen LogP contribution < -0.4 is 0 Å². The van der Waals surface area contributed by atoms with E-state index in [1.807, 2.05) is 21.6 Å². The van der Waals surface area contributed by atoms with Gasteiger partial charge in [-0.25, -0.2) is 0 Å². The molecule has 2 bridgehead atoms. The van der Waals surface area contributed by atoms with E-state index >= 15 is 0 Å². The average Bonchev–Trinajstić information content (AvgIpc) is 2.74. The summed E-state index contributed by atoms with van der Waals surface area (Å²) >= 11 is 0. The van der Waals surface area contributed by atoms with Crippen LogP contribution in [0.15, 0.2) is 12.2 Å². The molecule has 0 spiro atoms. The third-order valence-electron chi connectivity index (χ3n) is 3.13. The van der Waals surface area contributed by atoms with Gasteiger partial charge in [-0.2, -0.15) is 0 Å². The van der Waals surface area contributed by atoms with E-state index in [0.29, 0.717) is 0 Å². The van der Waals surface area contributed by atoms with Gasteiger partial charge in [-0.15, -0.1) is 0 Å². The van der Waals surface area contributed by atoms with E-state index in [4.69, 9.17) is 5.11 Å². The summed E-state index contributed by atoms with van der Waals surface area (Å²) in [7, 11) is 1.88. The van der Waals surface area contributed by atoms with Crippen LogP contribution in [-0.2, 0) is 14.1 Å². The molecule has 2 aliphatic carbocycles. The van der Waals surface area contributed by atoms with Crippen LogP contribution in [0.2, 0.25) is 0 Å². The average molecular weight is 214 g/mol. The van der Waals surface area contributed by atoms with Crippen molar-refractivity contribution in [2.75, 3.05) is 0 Å². The Labute approximate surface area is 83.6 Å². The topological polar surface area (TPSA) is 63.6 Å².